The molecule has 1 aliphatic heterocycles. The average Bonchev–Trinajstić information content (AvgIpc) is 2.45. The SMILES string of the molecule is COC(C(CO)(CO)CO)C1(CO)COCOC1. The van der Waals surface area contributed by atoms with E-state index in [9.17, 15) is 20.4 Å². The maximum atomic E-state index is 9.61. The molecule has 0 radical (unpaired) electrons. The van der Waals surface area contributed by atoms with Crippen LogP contribution in [0.4, 0.5) is 0 Å². The average molecular weight is 266 g/mol. The van der Waals surface area contributed by atoms with Crippen molar-refractivity contribution >= 4 is 0 Å². The number of ether oxygens (including phenoxy) is 3. The van der Waals surface area contributed by atoms with Crippen LogP contribution in [-0.4, -0.2) is 80.1 Å². The van der Waals surface area contributed by atoms with Gasteiger partial charge in [0, 0.05) is 7.11 Å². The Morgan fingerprint density at radius 3 is 1.94 bits per heavy atom. The molecule has 0 amide bonds. The smallest absolute Gasteiger partial charge is 0.146 e. The molecule has 0 aromatic rings. The van der Waals surface area contributed by atoms with Crippen LogP contribution in [0.5, 0.6) is 0 Å². The molecule has 1 heterocycles. The third kappa shape index (κ3) is 2.67. The monoisotopic (exact) mass is 266 g/mol. The first kappa shape index (κ1) is 15.8. The van der Waals surface area contributed by atoms with E-state index in [-0.39, 0.29) is 26.6 Å². The molecule has 0 aromatic carbocycles. The van der Waals surface area contributed by atoms with Gasteiger partial charge in [0.15, 0.2) is 0 Å². The van der Waals surface area contributed by atoms with Gasteiger partial charge in [0.05, 0.1) is 56.6 Å². The molecule has 108 valence electrons. The minimum Gasteiger partial charge on any atom is -0.396 e. The summed E-state index contributed by atoms with van der Waals surface area (Å²) in [6, 6.07) is 0. The zero-order chi connectivity index (χ0) is 13.6. The minimum absolute atomic E-state index is 0.128. The molecule has 1 fully saturated rings. The van der Waals surface area contributed by atoms with E-state index in [1.807, 2.05) is 0 Å². The molecule has 0 aliphatic carbocycles. The topological polar surface area (TPSA) is 109 Å². The summed E-state index contributed by atoms with van der Waals surface area (Å²) in [5, 5.41) is 38.0. The molecule has 1 rings (SSSR count). The third-order valence-corrected chi connectivity index (χ3v) is 3.55. The summed E-state index contributed by atoms with van der Waals surface area (Å²) in [5.74, 6) is 0. The highest BCUT2D eigenvalue weighted by Gasteiger charge is 2.52. The van der Waals surface area contributed by atoms with Crippen LogP contribution >= 0.6 is 0 Å². The zero-order valence-electron chi connectivity index (χ0n) is 10.5. The van der Waals surface area contributed by atoms with Crippen LogP contribution in [0.2, 0.25) is 0 Å². The largest absolute Gasteiger partial charge is 0.396 e. The Labute approximate surface area is 106 Å². The summed E-state index contributed by atoms with van der Waals surface area (Å²) in [7, 11) is 1.40. The van der Waals surface area contributed by atoms with Gasteiger partial charge in [-0.05, 0) is 0 Å². The van der Waals surface area contributed by atoms with Crippen LogP contribution in [-0.2, 0) is 14.2 Å². The molecule has 1 saturated heterocycles. The van der Waals surface area contributed by atoms with Gasteiger partial charge >= 0.3 is 0 Å². The predicted octanol–water partition coefficient (Wildman–Crippen LogP) is -2.05. The Bertz CT molecular complexity index is 227. The predicted molar refractivity (Wildman–Crippen MR) is 60.8 cm³/mol. The summed E-state index contributed by atoms with van der Waals surface area (Å²) in [5.41, 5.74) is -2.18. The maximum absolute atomic E-state index is 9.61. The third-order valence-electron chi connectivity index (χ3n) is 3.55. The first-order valence-electron chi connectivity index (χ1n) is 5.76. The lowest BCUT2D eigenvalue weighted by Gasteiger charge is -2.48. The fraction of sp³-hybridized carbons (Fsp3) is 1.00. The van der Waals surface area contributed by atoms with Crippen LogP contribution in [0.3, 0.4) is 0 Å². The van der Waals surface area contributed by atoms with Gasteiger partial charge in [-0.2, -0.15) is 0 Å². The first-order chi connectivity index (χ1) is 8.64. The Hall–Kier alpha value is -0.280. The van der Waals surface area contributed by atoms with E-state index < -0.39 is 36.8 Å². The number of methoxy groups -OCH3 is 1. The van der Waals surface area contributed by atoms with Crippen LogP contribution in [0.25, 0.3) is 0 Å². The number of aliphatic hydroxyl groups excluding tert-OH is 4. The van der Waals surface area contributed by atoms with Gasteiger partial charge in [0.2, 0.25) is 0 Å². The van der Waals surface area contributed by atoms with Crippen LogP contribution in [0.1, 0.15) is 0 Å². The van der Waals surface area contributed by atoms with Gasteiger partial charge in [-0.15, -0.1) is 0 Å². The molecule has 7 nitrogen and oxygen atoms in total. The lowest BCUT2D eigenvalue weighted by atomic mass is 9.69. The van der Waals surface area contributed by atoms with Crippen LogP contribution in [0.15, 0.2) is 0 Å². The molecular formula is C11H22O7. The molecule has 18 heavy (non-hydrogen) atoms. The molecule has 0 saturated carbocycles. The fourth-order valence-electron chi connectivity index (χ4n) is 2.46. The highest BCUT2D eigenvalue weighted by atomic mass is 16.7. The number of hydrogen-bond donors (Lipinski definition) is 4. The standard InChI is InChI=1S/C11H22O7/c1-16-9(10(2-12,3-13)4-14)11(5-15)6-17-8-18-7-11/h9,12-15H,2-8H2,1H3. The first-order valence-corrected chi connectivity index (χ1v) is 5.76. The lowest BCUT2D eigenvalue weighted by molar-refractivity contribution is -0.246. The zero-order valence-corrected chi connectivity index (χ0v) is 10.5. The highest BCUT2D eigenvalue weighted by Crippen LogP contribution is 2.38. The van der Waals surface area contributed by atoms with Crippen molar-refractivity contribution in [3.05, 3.63) is 0 Å². The van der Waals surface area contributed by atoms with Gasteiger partial charge in [0.1, 0.15) is 6.79 Å². The minimum atomic E-state index is -1.26. The van der Waals surface area contributed by atoms with Gasteiger partial charge in [-0.25, -0.2) is 0 Å². The summed E-state index contributed by atoms with van der Waals surface area (Å²) >= 11 is 0. The van der Waals surface area contributed by atoms with Crippen LogP contribution < -0.4 is 0 Å². The Morgan fingerprint density at radius 1 is 1.11 bits per heavy atom. The second kappa shape index (κ2) is 6.76. The van der Waals surface area contributed by atoms with E-state index in [1.54, 1.807) is 0 Å². The van der Waals surface area contributed by atoms with Gasteiger partial charge in [-0.1, -0.05) is 0 Å². The van der Waals surface area contributed by atoms with Crippen molar-refractivity contribution in [2.75, 3.05) is 53.5 Å². The van der Waals surface area contributed by atoms with Gasteiger partial charge in [-0.3, -0.25) is 0 Å². The second-order valence-electron chi connectivity index (χ2n) is 4.79. The van der Waals surface area contributed by atoms with E-state index >= 15 is 0 Å². The van der Waals surface area contributed by atoms with Crippen molar-refractivity contribution in [1.82, 2.24) is 0 Å². The van der Waals surface area contributed by atoms with E-state index in [0.717, 1.165) is 0 Å². The number of aliphatic hydroxyl groups is 4. The molecule has 1 unspecified atom stereocenters. The molecular weight excluding hydrogens is 244 g/mol. The maximum Gasteiger partial charge on any atom is 0.146 e. The molecule has 0 bridgehead atoms. The van der Waals surface area contributed by atoms with E-state index in [4.69, 9.17) is 14.2 Å². The molecule has 4 N–H and O–H groups in total. The lowest BCUT2D eigenvalue weighted by Crippen LogP contribution is -2.60. The normalized spacial score (nSPS) is 21.8. The van der Waals surface area contributed by atoms with Gasteiger partial charge in [0.25, 0.3) is 0 Å². The number of rotatable bonds is 7. The van der Waals surface area contributed by atoms with Crippen molar-refractivity contribution in [1.29, 1.82) is 0 Å². The molecule has 1 atom stereocenters. The van der Waals surface area contributed by atoms with Gasteiger partial charge < -0.3 is 34.6 Å². The van der Waals surface area contributed by atoms with Crippen molar-refractivity contribution in [2.45, 2.75) is 6.10 Å². The fourth-order valence-corrected chi connectivity index (χ4v) is 2.46. The summed E-state index contributed by atoms with van der Waals surface area (Å²) < 4.78 is 15.7. The second-order valence-corrected chi connectivity index (χ2v) is 4.79. The Morgan fingerprint density at radius 2 is 1.61 bits per heavy atom. The van der Waals surface area contributed by atoms with E-state index in [0.29, 0.717) is 0 Å². The van der Waals surface area contributed by atoms with Crippen molar-refractivity contribution in [2.24, 2.45) is 10.8 Å². The molecule has 0 aromatic heterocycles. The summed E-state index contributed by atoms with van der Waals surface area (Å²) in [6.07, 6.45) is -0.796. The Balaban J connectivity index is 3.04. The summed E-state index contributed by atoms with van der Waals surface area (Å²) in [6.45, 7) is -1.25. The molecule has 1 aliphatic rings. The number of hydrogen-bond acceptors (Lipinski definition) is 7. The Kier molecular flexibility index (Phi) is 5.93. The van der Waals surface area contributed by atoms with Crippen molar-refractivity contribution in [3.8, 4) is 0 Å². The van der Waals surface area contributed by atoms with E-state index in [2.05, 4.69) is 0 Å². The van der Waals surface area contributed by atoms with E-state index in [1.165, 1.54) is 7.11 Å². The van der Waals surface area contributed by atoms with Crippen molar-refractivity contribution in [3.63, 3.8) is 0 Å². The van der Waals surface area contributed by atoms with Crippen molar-refractivity contribution < 1.29 is 34.6 Å². The molecule has 7 heteroatoms. The van der Waals surface area contributed by atoms with Crippen LogP contribution in [0, 0.1) is 10.8 Å². The summed E-state index contributed by atoms with van der Waals surface area (Å²) in [4.78, 5) is 0. The highest BCUT2D eigenvalue weighted by molar-refractivity contribution is 4.99. The molecule has 0 spiro atoms. The quantitative estimate of drug-likeness (QED) is 0.420.